The summed E-state index contributed by atoms with van der Waals surface area (Å²) in [5, 5.41) is 12.0. The second-order valence-corrected chi connectivity index (χ2v) is 4.00. The average molecular weight is 252 g/mol. The smallest absolute Gasteiger partial charge is 0.361 e. The highest BCUT2D eigenvalue weighted by molar-refractivity contribution is 5.23. The SMILES string of the molecule is c1ccc(Cn2nnc(Oc3ccccc3)n2)cc1. The van der Waals surface area contributed by atoms with Crippen LogP contribution in [0, 0.1) is 0 Å². The monoisotopic (exact) mass is 252 g/mol. The highest BCUT2D eigenvalue weighted by Gasteiger charge is 2.05. The number of nitrogens with zero attached hydrogens (tertiary/aromatic N) is 4. The minimum atomic E-state index is 0.252. The second kappa shape index (κ2) is 5.30. The third kappa shape index (κ3) is 2.95. The molecule has 0 unspecified atom stereocenters. The molecule has 0 atom stereocenters. The molecule has 94 valence electrons. The Bertz CT molecular complexity index is 581. The van der Waals surface area contributed by atoms with Gasteiger partial charge in [-0.05, 0) is 22.9 Å². The van der Waals surface area contributed by atoms with Crippen molar-refractivity contribution in [1.29, 1.82) is 0 Å². The van der Waals surface area contributed by atoms with Crippen molar-refractivity contribution in [1.82, 2.24) is 20.2 Å². The molecule has 5 nitrogen and oxygen atoms in total. The number of tetrazole rings is 1. The van der Waals surface area contributed by atoms with E-state index in [-0.39, 0.29) is 6.01 Å². The standard InChI is InChI=1S/C14H12N4O/c1-3-7-12(8-4-1)11-18-16-14(15-17-18)19-13-9-5-2-6-10-13/h1-10H,11H2. The zero-order chi connectivity index (χ0) is 12.9. The van der Waals surface area contributed by atoms with Crippen LogP contribution in [0.25, 0.3) is 0 Å². The second-order valence-electron chi connectivity index (χ2n) is 4.00. The molecule has 0 N–H and O–H groups in total. The Balaban J connectivity index is 1.70. The predicted octanol–water partition coefficient (Wildman–Crippen LogP) is 2.51. The van der Waals surface area contributed by atoms with Gasteiger partial charge in [0.25, 0.3) is 0 Å². The molecule has 3 rings (SSSR count). The van der Waals surface area contributed by atoms with Crippen LogP contribution in [0.4, 0.5) is 0 Å². The molecule has 2 aromatic carbocycles. The van der Waals surface area contributed by atoms with Crippen LogP contribution in [-0.2, 0) is 6.54 Å². The molecule has 3 aromatic rings. The summed E-state index contributed by atoms with van der Waals surface area (Å²) in [5.74, 6) is 0.696. The van der Waals surface area contributed by atoms with Crippen LogP contribution in [0.1, 0.15) is 5.56 Å². The summed E-state index contributed by atoms with van der Waals surface area (Å²) in [6.45, 7) is 0.575. The minimum Gasteiger partial charge on any atom is -0.422 e. The predicted molar refractivity (Wildman–Crippen MR) is 69.9 cm³/mol. The zero-order valence-electron chi connectivity index (χ0n) is 10.2. The van der Waals surface area contributed by atoms with Gasteiger partial charge in [-0.2, -0.15) is 4.80 Å². The Labute approximate surface area is 110 Å². The molecule has 0 aliphatic rings. The maximum Gasteiger partial charge on any atom is 0.361 e. The molecule has 0 spiro atoms. The van der Waals surface area contributed by atoms with Crippen molar-refractivity contribution in [2.75, 3.05) is 0 Å². The summed E-state index contributed by atoms with van der Waals surface area (Å²) in [6.07, 6.45) is 0. The molecule has 0 amide bonds. The first-order chi connectivity index (χ1) is 9.40. The highest BCUT2D eigenvalue weighted by Crippen LogP contribution is 2.15. The van der Waals surface area contributed by atoms with E-state index in [1.54, 1.807) is 0 Å². The van der Waals surface area contributed by atoms with Gasteiger partial charge >= 0.3 is 6.01 Å². The molecule has 0 fully saturated rings. The number of para-hydroxylation sites is 1. The summed E-state index contributed by atoms with van der Waals surface area (Å²) in [7, 11) is 0. The van der Waals surface area contributed by atoms with Crippen LogP contribution in [0.2, 0.25) is 0 Å². The molecule has 0 saturated heterocycles. The Morgan fingerprint density at radius 2 is 1.58 bits per heavy atom. The van der Waals surface area contributed by atoms with Gasteiger partial charge in [-0.15, -0.1) is 0 Å². The summed E-state index contributed by atoms with van der Waals surface area (Å²) < 4.78 is 5.49. The van der Waals surface area contributed by atoms with Gasteiger partial charge < -0.3 is 4.74 Å². The van der Waals surface area contributed by atoms with Crippen molar-refractivity contribution < 1.29 is 4.74 Å². The van der Waals surface area contributed by atoms with Gasteiger partial charge in [-0.3, -0.25) is 0 Å². The van der Waals surface area contributed by atoms with Crippen molar-refractivity contribution in [3.05, 3.63) is 66.2 Å². The normalized spacial score (nSPS) is 10.3. The molecule has 0 saturated carbocycles. The number of benzene rings is 2. The zero-order valence-corrected chi connectivity index (χ0v) is 10.2. The van der Waals surface area contributed by atoms with Crippen LogP contribution in [0.3, 0.4) is 0 Å². The van der Waals surface area contributed by atoms with Gasteiger partial charge in [-0.1, -0.05) is 58.7 Å². The molecular weight excluding hydrogens is 240 g/mol. The largest absolute Gasteiger partial charge is 0.422 e. The van der Waals surface area contributed by atoms with E-state index in [1.807, 2.05) is 60.7 Å². The molecule has 1 aromatic heterocycles. The Morgan fingerprint density at radius 3 is 2.32 bits per heavy atom. The summed E-state index contributed by atoms with van der Waals surface area (Å²) in [4.78, 5) is 1.51. The van der Waals surface area contributed by atoms with Crippen molar-refractivity contribution >= 4 is 0 Å². The van der Waals surface area contributed by atoms with Gasteiger partial charge in [0.2, 0.25) is 0 Å². The van der Waals surface area contributed by atoms with E-state index >= 15 is 0 Å². The van der Waals surface area contributed by atoms with E-state index in [9.17, 15) is 0 Å². The van der Waals surface area contributed by atoms with Gasteiger partial charge in [0, 0.05) is 0 Å². The van der Waals surface area contributed by atoms with Crippen LogP contribution in [0.5, 0.6) is 11.8 Å². The molecule has 0 aliphatic carbocycles. The summed E-state index contributed by atoms with van der Waals surface area (Å²) >= 11 is 0. The van der Waals surface area contributed by atoms with Crippen LogP contribution < -0.4 is 4.74 Å². The maximum absolute atomic E-state index is 5.49. The topological polar surface area (TPSA) is 52.8 Å². The number of rotatable bonds is 4. The third-order valence-electron chi connectivity index (χ3n) is 2.55. The minimum absolute atomic E-state index is 0.252. The lowest BCUT2D eigenvalue weighted by atomic mass is 10.2. The number of hydrogen-bond acceptors (Lipinski definition) is 4. The lowest BCUT2D eigenvalue weighted by Gasteiger charge is -1.99. The first kappa shape index (κ1) is 11.4. The fraction of sp³-hybridized carbons (Fsp3) is 0.0714. The van der Waals surface area contributed by atoms with Crippen molar-refractivity contribution in [3.8, 4) is 11.8 Å². The van der Waals surface area contributed by atoms with Crippen molar-refractivity contribution in [2.45, 2.75) is 6.54 Å². The fourth-order valence-corrected chi connectivity index (χ4v) is 1.68. The van der Waals surface area contributed by atoms with E-state index in [0.717, 1.165) is 5.56 Å². The van der Waals surface area contributed by atoms with E-state index in [2.05, 4.69) is 15.4 Å². The van der Waals surface area contributed by atoms with Crippen LogP contribution >= 0.6 is 0 Å². The van der Waals surface area contributed by atoms with Gasteiger partial charge in [0.15, 0.2) is 0 Å². The quantitative estimate of drug-likeness (QED) is 0.716. The van der Waals surface area contributed by atoms with Crippen LogP contribution in [-0.4, -0.2) is 20.2 Å². The fourth-order valence-electron chi connectivity index (χ4n) is 1.68. The Morgan fingerprint density at radius 1 is 0.895 bits per heavy atom. The maximum atomic E-state index is 5.49. The summed E-state index contributed by atoms with van der Waals surface area (Å²) in [6, 6.07) is 19.6. The lowest BCUT2D eigenvalue weighted by molar-refractivity contribution is 0.437. The van der Waals surface area contributed by atoms with Gasteiger partial charge in [-0.25, -0.2) is 0 Å². The average Bonchev–Trinajstić information content (AvgIpc) is 2.88. The highest BCUT2D eigenvalue weighted by atomic mass is 16.5. The van der Waals surface area contributed by atoms with Crippen molar-refractivity contribution in [3.63, 3.8) is 0 Å². The lowest BCUT2D eigenvalue weighted by Crippen LogP contribution is -2.03. The van der Waals surface area contributed by atoms with Gasteiger partial charge in [0.1, 0.15) is 5.75 Å². The number of ether oxygens (including phenoxy) is 1. The molecule has 0 bridgehead atoms. The Kier molecular flexibility index (Phi) is 3.18. The first-order valence-electron chi connectivity index (χ1n) is 5.95. The van der Waals surface area contributed by atoms with E-state index in [4.69, 9.17) is 4.74 Å². The molecule has 0 radical (unpaired) electrons. The molecular formula is C14H12N4O. The summed E-state index contributed by atoms with van der Waals surface area (Å²) in [5.41, 5.74) is 1.12. The Hall–Kier alpha value is -2.69. The van der Waals surface area contributed by atoms with Crippen LogP contribution in [0.15, 0.2) is 60.7 Å². The number of hydrogen-bond donors (Lipinski definition) is 0. The van der Waals surface area contributed by atoms with Gasteiger partial charge in [0.05, 0.1) is 6.54 Å². The van der Waals surface area contributed by atoms with E-state index in [0.29, 0.717) is 12.3 Å². The van der Waals surface area contributed by atoms with Crippen molar-refractivity contribution in [2.24, 2.45) is 0 Å². The third-order valence-corrected chi connectivity index (χ3v) is 2.55. The molecule has 0 aliphatic heterocycles. The molecule has 19 heavy (non-hydrogen) atoms. The van der Waals surface area contributed by atoms with E-state index < -0.39 is 0 Å². The van der Waals surface area contributed by atoms with E-state index in [1.165, 1.54) is 4.80 Å². The molecule has 1 heterocycles. The molecule has 5 heteroatoms. The first-order valence-corrected chi connectivity index (χ1v) is 5.95. The number of aromatic nitrogens is 4.